The first-order valence-electron chi connectivity index (χ1n) is 10.9. The van der Waals surface area contributed by atoms with Crippen molar-refractivity contribution in [1.29, 1.82) is 0 Å². The highest BCUT2D eigenvalue weighted by Crippen LogP contribution is 2.32. The monoisotopic (exact) mass is 469 g/mol. The van der Waals surface area contributed by atoms with E-state index in [0.29, 0.717) is 23.8 Å². The number of ether oxygens (including phenoxy) is 2. The third kappa shape index (κ3) is 6.99. The molecule has 4 atom stereocenters. The lowest BCUT2D eigenvalue weighted by atomic mass is 9.79. The fraction of sp³-hybridized carbons (Fsp3) is 0.667. The molecule has 1 heterocycles. The Hall–Kier alpha value is -2.99. The van der Waals surface area contributed by atoms with Crippen molar-refractivity contribution in [2.75, 3.05) is 13.2 Å². The highest BCUT2D eigenvalue weighted by atomic mass is 16.5. The third-order valence-electron chi connectivity index (χ3n) is 5.55. The molecule has 1 aromatic heterocycles. The van der Waals surface area contributed by atoms with E-state index in [1.807, 2.05) is 4.98 Å². The Labute approximate surface area is 189 Å². The zero-order chi connectivity index (χ0) is 24.5. The summed E-state index contributed by atoms with van der Waals surface area (Å²) < 4.78 is 11.7. The molecule has 1 aliphatic rings. The molecule has 0 amide bonds. The minimum atomic E-state index is -1.41. The van der Waals surface area contributed by atoms with Crippen molar-refractivity contribution >= 4 is 11.9 Å². The van der Waals surface area contributed by atoms with Crippen molar-refractivity contribution in [3.63, 3.8) is 0 Å². The first kappa shape index (κ1) is 26.3. The van der Waals surface area contributed by atoms with Crippen molar-refractivity contribution in [2.45, 2.75) is 64.3 Å². The minimum Gasteiger partial charge on any atom is -0.463 e. The van der Waals surface area contributed by atoms with Crippen LogP contribution in [-0.2, 0) is 32.2 Å². The van der Waals surface area contributed by atoms with Crippen molar-refractivity contribution < 1.29 is 29.3 Å². The van der Waals surface area contributed by atoms with Crippen molar-refractivity contribution in [3.8, 4) is 0 Å². The van der Waals surface area contributed by atoms with Gasteiger partial charge < -0.3 is 19.7 Å². The second-order valence-corrected chi connectivity index (χ2v) is 8.00. The van der Waals surface area contributed by atoms with Crippen LogP contribution < -0.4 is 17.1 Å². The third-order valence-corrected chi connectivity index (χ3v) is 5.55. The summed E-state index contributed by atoms with van der Waals surface area (Å²) in [4.78, 5) is 63.0. The van der Waals surface area contributed by atoms with Gasteiger partial charge in [-0.25, -0.2) is 23.5 Å². The molecule has 0 saturated heterocycles. The number of carbonyl (C=O) groups excluding carboxylic acids is 2. The molecule has 2 rings (SSSR count). The average Bonchev–Trinajstić information content (AvgIpc) is 2.81. The SMILES string of the molecule is C=CCn1c(=O)[nH]c(=O)n(CC(O)COC(=O)C2CCCCC2C(=O)OCC(O)CC)c1=O. The molecule has 1 aliphatic carbocycles. The van der Waals surface area contributed by atoms with Gasteiger partial charge in [0, 0.05) is 0 Å². The van der Waals surface area contributed by atoms with E-state index in [1.54, 1.807) is 6.92 Å². The van der Waals surface area contributed by atoms with Crippen LogP contribution in [0, 0.1) is 11.8 Å². The van der Waals surface area contributed by atoms with E-state index in [4.69, 9.17) is 9.47 Å². The highest BCUT2D eigenvalue weighted by Gasteiger charge is 2.38. The lowest BCUT2D eigenvalue weighted by Crippen LogP contribution is -2.51. The van der Waals surface area contributed by atoms with Crippen LogP contribution >= 0.6 is 0 Å². The number of aromatic nitrogens is 3. The van der Waals surface area contributed by atoms with Crippen molar-refractivity contribution in [2.24, 2.45) is 11.8 Å². The van der Waals surface area contributed by atoms with Crippen molar-refractivity contribution in [1.82, 2.24) is 14.1 Å². The Morgan fingerprint density at radius 2 is 1.55 bits per heavy atom. The molecule has 184 valence electrons. The van der Waals surface area contributed by atoms with Gasteiger partial charge in [-0.2, -0.15) is 0 Å². The van der Waals surface area contributed by atoms with Crippen LogP contribution in [-0.4, -0.2) is 61.7 Å². The van der Waals surface area contributed by atoms with Gasteiger partial charge in [-0.15, -0.1) is 6.58 Å². The zero-order valence-corrected chi connectivity index (χ0v) is 18.6. The molecular weight excluding hydrogens is 438 g/mol. The zero-order valence-electron chi connectivity index (χ0n) is 18.6. The molecule has 3 N–H and O–H groups in total. The normalized spacial score (nSPS) is 20.0. The molecule has 4 unspecified atom stereocenters. The summed E-state index contributed by atoms with van der Waals surface area (Å²) in [5, 5.41) is 19.8. The van der Waals surface area contributed by atoms with E-state index in [-0.39, 0.29) is 13.2 Å². The number of aliphatic hydroxyl groups excluding tert-OH is 2. The molecular formula is C21H31N3O9. The molecule has 1 saturated carbocycles. The highest BCUT2D eigenvalue weighted by molar-refractivity contribution is 5.82. The topological polar surface area (TPSA) is 170 Å². The number of H-pyrrole nitrogens is 1. The van der Waals surface area contributed by atoms with E-state index >= 15 is 0 Å². The smallest absolute Gasteiger partial charge is 0.336 e. The summed E-state index contributed by atoms with van der Waals surface area (Å²) in [7, 11) is 0. The lowest BCUT2D eigenvalue weighted by molar-refractivity contribution is -0.166. The van der Waals surface area contributed by atoms with Gasteiger partial charge in [0.05, 0.1) is 31.0 Å². The summed E-state index contributed by atoms with van der Waals surface area (Å²) in [5.74, 6) is -2.73. The van der Waals surface area contributed by atoms with Gasteiger partial charge in [0.25, 0.3) is 0 Å². The fourth-order valence-electron chi connectivity index (χ4n) is 3.64. The molecule has 0 aliphatic heterocycles. The maximum atomic E-state index is 12.6. The van der Waals surface area contributed by atoms with Crippen LogP contribution in [0.25, 0.3) is 0 Å². The van der Waals surface area contributed by atoms with Gasteiger partial charge in [-0.1, -0.05) is 25.8 Å². The number of rotatable bonds is 11. The van der Waals surface area contributed by atoms with Crippen LogP contribution in [0.1, 0.15) is 39.0 Å². The van der Waals surface area contributed by atoms with Gasteiger partial charge >= 0.3 is 29.0 Å². The second-order valence-electron chi connectivity index (χ2n) is 8.00. The molecule has 33 heavy (non-hydrogen) atoms. The number of hydrogen-bond acceptors (Lipinski definition) is 9. The van der Waals surface area contributed by atoms with Gasteiger partial charge in [0.2, 0.25) is 0 Å². The van der Waals surface area contributed by atoms with Crippen LogP contribution in [0.2, 0.25) is 0 Å². The van der Waals surface area contributed by atoms with E-state index in [9.17, 15) is 34.2 Å². The largest absolute Gasteiger partial charge is 0.463 e. The number of nitrogens with zero attached hydrogens (tertiary/aromatic N) is 2. The summed E-state index contributed by atoms with van der Waals surface area (Å²) in [6, 6.07) is 0. The van der Waals surface area contributed by atoms with E-state index in [2.05, 4.69) is 6.58 Å². The molecule has 0 bridgehead atoms. The fourth-order valence-corrected chi connectivity index (χ4v) is 3.64. The number of nitrogens with one attached hydrogen (secondary N) is 1. The lowest BCUT2D eigenvalue weighted by Gasteiger charge is -2.28. The minimum absolute atomic E-state index is 0.131. The van der Waals surface area contributed by atoms with Crippen LogP contribution in [0.15, 0.2) is 27.0 Å². The maximum Gasteiger partial charge on any atom is 0.336 e. The average molecular weight is 469 g/mol. The Balaban J connectivity index is 2.00. The first-order chi connectivity index (χ1) is 15.7. The van der Waals surface area contributed by atoms with E-state index < -0.39 is 66.2 Å². The summed E-state index contributed by atoms with van der Waals surface area (Å²) >= 11 is 0. The quantitative estimate of drug-likeness (QED) is 0.269. The number of aromatic amines is 1. The summed E-state index contributed by atoms with van der Waals surface area (Å²) in [5.41, 5.74) is -2.83. The molecule has 0 radical (unpaired) electrons. The van der Waals surface area contributed by atoms with Gasteiger partial charge in [-0.3, -0.25) is 14.6 Å². The predicted molar refractivity (Wildman–Crippen MR) is 115 cm³/mol. The molecule has 12 heteroatoms. The number of carbonyl (C=O) groups is 2. The van der Waals surface area contributed by atoms with E-state index in [1.165, 1.54) is 6.08 Å². The molecule has 1 aromatic rings. The van der Waals surface area contributed by atoms with Crippen LogP contribution in [0.4, 0.5) is 0 Å². The Bertz CT molecular complexity index is 1010. The molecule has 12 nitrogen and oxygen atoms in total. The Morgan fingerprint density at radius 1 is 1.03 bits per heavy atom. The molecule has 0 spiro atoms. The first-order valence-corrected chi connectivity index (χ1v) is 10.9. The molecule has 1 fully saturated rings. The molecule has 0 aromatic carbocycles. The number of allylic oxidation sites excluding steroid dienone is 1. The van der Waals surface area contributed by atoms with Crippen LogP contribution in [0.3, 0.4) is 0 Å². The van der Waals surface area contributed by atoms with Gasteiger partial charge in [0.1, 0.15) is 19.3 Å². The summed E-state index contributed by atoms with van der Waals surface area (Å²) in [6.45, 7) is 3.88. The number of esters is 2. The van der Waals surface area contributed by atoms with E-state index in [0.717, 1.165) is 17.4 Å². The van der Waals surface area contributed by atoms with Gasteiger partial charge in [0.15, 0.2) is 0 Å². The Kier molecular flexibility index (Phi) is 9.79. The summed E-state index contributed by atoms with van der Waals surface area (Å²) in [6.07, 6.45) is 1.88. The van der Waals surface area contributed by atoms with Crippen molar-refractivity contribution in [3.05, 3.63) is 44.1 Å². The second kappa shape index (κ2) is 12.3. The Morgan fingerprint density at radius 3 is 2.06 bits per heavy atom. The predicted octanol–water partition coefficient (Wildman–Crippen LogP) is -1.09. The number of hydrogen-bond donors (Lipinski definition) is 3. The number of aliphatic hydroxyl groups is 2. The van der Waals surface area contributed by atoms with Gasteiger partial charge in [-0.05, 0) is 19.3 Å². The standard InChI is InChI=1S/C21H31N3O9/c1-3-9-23-19(29)22-20(30)24(21(23)31)10-14(26)12-33-18(28)16-8-6-5-7-15(16)17(27)32-11-13(25)4-2/h3,13-16,25-26H,1,4-12H2,2H3,(H,22,29,30). The van der Waals surface area contributed by atoms with Crippen LogP contribution in [0.5, 0.6) is 0 Å². The maximum absolute atomic E-state index is 12.6.